The zero-order valence-electron chi connectivity index (χ0n) is 18.7. The number of morpholine rings is 1. The fraction of sp³-hybridized carbons (Fsp3) is 0.571. The number of fused-ring (bicyclic) bond motifs is 1. The molecule has 1 aromatic heterocycles. The Balaban J connectivity index is 1.69. The van der Waals surface area contributed by atoms with Crippen LogP contribution in [0.25, 0.3) is 10.9 Å². The van der Waals surface area contributed by atoms with E-state index in [9.17, 15) is 4.79 Å². The molecule has 0 spiro atoms. The van der Waals surface area contributed by atoms with E-state index in [0.717, 1.165) is 29.8 Å². The standard InChI is InChI=1S/C21H26BrClIN5O4/c1-21(2,3)32-20(30)29-6-4-27(5-7-29)18-15-14(12-13(22)16(23)17(15)33-24)25-19(26-18)28-8-10-31-11-9-28/h12H,4-11H2,1-3H3. The number of benzene rings is 1. The van der Waals surface area contributed by atoms with Gasteiger partial charge in [0, 0.05) is 43.7 Å². The summed E-state index contributed by atoms with van der Waals surface area (Å²) in [6, 6.07) is 1.89. The Morgan fingerprint density at radius 2 is 1.79 bits per heavy atom. The van der Waals surface area contributed by atoms with Crippen LogP contribution in [-0.2, 0) is 9.47 Å². The van der Waals surface area contributed by atoms with E-state index in [1.54, 1.807) is 4.90 Å². The summed E-state index contributed by atoms with van der Waals surface area (Å²) in [7, 11) is 0. The molecule has 0 N–H and O–H groups in total. The molecule has 180 valence electrons. The van der Waals surface area contributed by atoms with Gasteiger partial charge in [0.1, 0.15) is 11.4 Å². The van der Waals surface area contributed by atoms with Gasteiger partial charge in [0.25, 0.3) is 0 Å². The zero-order chi connectivity index (χ0) is 23.8. The van der Waals surface area contributed by atoms with Crippen molar-refractivity contribution in [3.8, 4) is 5.75 Å². The second-order valence-corrected chi connectivity index (χ2v) is 10.5. The summed E-state index contributed by atoms with van der Waals surface area (Å²) < 4.78 is 17.4. The molecule has 2 aliphatic heterocycles. The molecule has 4 rings (SSSR count). The molecular weight excluding hydrogens is 629 g/mol. The van der Waals surface area contributed by atoms with Gasteiger partial charge in [-0.1, -0.05) is 11.6 Å². The third-order valence-corrected chi connectivity index (χ3v) is 7.08. The van der Waals surface area contributed by atoms with Crippen molar-refractivity contribution in [1.29, 1.82) is 0 Å². The van der Waals surface area contributed by atoms with E-state index >= 15 is 0 Å². The lowest BCUT2D eigenvalue weighted by Crippen LogP contribution is -2.50. The fourth-order valence-electron chi connectivity index (χ4n) is 3.81. The monoisotopic (exact) mass is 653 g/mol. The Morgan fingerprint density at radius 1 is 1.12 bits per heavy atom. The molecule has 0 radical (unpaired) electrons. The number of halogens is 3. The maximum atomic E-state index is 12.5. The van der Waals surface area contributed by atoms with Crippen molar-refractivity contribution >= 4 is 79.3 Å². The third kappa shape index (κ3) is 5.51. The van der Waals surface area contributed by atoms with Crippen LogP contribution in [0.1, 0.15) is 20.8 Å². The molecular formula is C21H26BrClIN5O4. The number of carbonyl (C=O) groups is 1. The summed E-state index contributed by atoms with van der Waals surface area (Å²) in [6.45, 7) is 10.6. The normalized spacial score (nSPS) is 17.5. The van der Waals surface area contributed by atoms with Gasteiger partial charge in [0.05, 0.1) is 29.1 Å². The van der Waals surface area contributed by atoms with Crippen molar-refractivity contribution in [1.82, 2.24) is 14.9 Å². The highest BCUT2D eigenvalue weighted by Crippen LogP contribution is 2.44. The number of hydrogen-bond donors (Lipinski definition) is 0. The van der Waals surface area contributed by atoms with Crippen LogP contribution in [-0.4, -0.2) is 79.0 Å². The Morgan fingerprint density at radius 3 is 2.39 bits per heavy atom. The molecule has 1 amide bonds. The summed E-state index contributed by atoms with van der Waals surface area (Å²) in [5.41, 5.74) is 0.208. The number of amides is 1. The predicted octanol–water partition coefficient (Wildman–Crippen LogP) is 4.67. The van der Waals surface area contributed by atoms with E-state index in [0.29, 0.717) is 60.6 Å². The van der Waals surface area contributed by atoms with Crippen molar-refractivity contribution in [2.75, 3.05) is 62.3 Å². The molecule has 9 nitrogen and oxygen atoms in total. The first-order valence-electron chi connectivity index (χ1n) is 10.7. The second-order valence-electron chi connectivity index (χ2n) is 8.87. The third-order valence-electron chi connectivity index (χ3n) is 5.41. The van der Waals surface area contributed by atoms with Gasteiger partial charge in [0.2, 0.25) is 5.95 Å². The smallest absolute Gasteiger partial charge is 0.410 e. The van der Waals surface area contributed by atoms with E-state index in [-0.39, 0.29) is 6.09 Å². The van der Waals surface area contributed by atoms with Crippen LogP contribution in [0.2, 0.25) is 5.02 Å². The molecule has 0 atom stereocenters. The quantitative estimate of drug-likeness (QED) is 0.443. The summed E-state index contributed by atoms with van der Waals surface area (Å²) >= 11 is 11.9. The molecule has 3 heterocycles. The van der Waals surface area contributed by atoms with E-state index in [1.165, 1.54) is 0 Å². The van der Waals surface area contributed by atoms with Gasteiger partial charge in [-0.3, -0.25) is 0 Å². The first kappa shape index (κ1) is 24.8. The van der Waals surface area contributed by atoms with Gasteiger partial charge < -0.3 is 27.2 Å². The van der Waals surface area contributed by atoms with Crippen molar-refractivity contribution in [3.63, 3.8) is 0 Å². The molecule has 2 aliphatic rings. The minimum atomic E-state index is -0.527. The summed E-state index contributed by atoms with van der Waals surface area (Å²) in [5.74, 6) is 1.90. The van der Waals surface area contributed by atoms with Crippen LogP contribution < -0.4 is 12.9 Å². The highest BCUT2D eigenvalue weighted by Gasteiger charge is 2.29. The van der Waals surface area contributed by atoms with Crippen LogP contribution in [0.5, 0.6) is 5.75 Å². The minimum Gasteiger partial charge on any atom is -0.444 e. The largest absolute Gasteiger partial charge is 0.444 e. The van der Waals surface area contributed by atoms with Crippen molar-refractivity contribution in [3.05, 3.63) is 15.6 Å². The maximum absolute atomic E-state index is 12.5. The Bertz CT molecular complexity index is 1040. The molecule has 0 bridgehead atoms. The van der Waals surface area contributed by atoms with Gasteiger partial charge in [-0.15, -0.1) is 0 Å². The highest BCUT2D eigenvalue weighted by atomic mass is 127. The van der Waals surface area contributed by atoms with Crippen molar-refractivity contribution in [2.45, 2.75) is 26.4 Å². The molecule has 0 aliphatic carbocycles. The predicted molar refractivity (Wildman–Crippen MR) is 140 cm³/mol. The van der Waals surface area contributed by atoms with Crippen molar-refractivity contribution < 1.29 is 17.3 Å². The number of carbonyl (C=O) groups excluding carboxylic acids is 1. The highest BCUT2D eigenvalue weighted by molar-refractivity contribution is 14.1. The molecule has 2 aromatic rings. The van der Waals surface area contributed by atoms with E-state index in [2.05, 4.69) is 25.7 Å². The van der Waals surface area contributed by atoms with Crippen molar-refractivity contribution in [2.24, 2.45) is 0 Å². The molecule has 12 heteroatoms. The van der Waals surface area contributed by atoms with E-state index < -0.39 is 5.60 Å². The minimum absolute atomic E-state index is 0.299. The lowest BCUT2D eigenvalue weighted by Gasteiger charge is -2.37. The second kappa shape index (κ2) is 10.1. The lowest BCUT2D eigenvalue weighted by atomic mass is 10.2. The topological polar surface area (TPSA) is 80.3 Å². The first-order valence-corrected chi connectivity index (χ1v) is 12.8. The van der Waals surface area contributed by atoms with Crippen LogP contribution in [0.4, 0.5) is 16.6 Å². The maximum Gasteiger partial charge on any atom is 0.410 e. The zero-order valence-corrected chi connectivity index (χ0v) is 23.2. The average Bonchev–Trinajstić information content (AvgIpc) is 2.79. The Kier molecular flexibility index (Phi) is 7.61. The molecule has 1 aromatic carbocycles. The first-order chi connectivity index (χ1) is 15.7. The van der Waals surface area contributed by atoms with Gasteiger partial charge in [-0.25, -0.2) is 9.78 Å². The van der Waals surface area contributed by atoms with Gasteiger partial charge in [0.15, 0.2) is 28.8 Å². The molecule has 0 saturated carbocycles. The van der Waals surface area contributed by atoms with Gasteiger partial charge >= 0.3 is 6.09 Å². The molecule has 33 heavy (non-hydrogen) atoms. The van der Waals surface area contributed by atoms with Crippen LogP contribution in [0.15, 0.2) is 10.5 Å². The van der Waals surface area contributed by atoms with Gasteiger partial charge in [-0.05, 0) is 42.8 Å². The van der Waals surface area contributed by atoms with Crippen LogP contribution in [0.3, 0.4) is 0 Å². The molecule has 0 unspecified atom stereocenters. The summed E-state index contributed by atoms with van der Waals surface area (Å²) in [4.78, 5) is 28.3. The number of hydrogen-bond acceptors (Lipinski definition) is 8. The summed E-state index contributed by atoms with van der Waals surface area (Å²) in [5, 5.41) is 1.22. The Hall–Kier alpha value is -1.31. The number of rotatable bonds is 3. The number of ether oxygens (including phenoxy) is 2. The fourth-order valence-corrected chi connectivity index (χ4v) is 4.97. The lowest BCUT2D eigenvalue weighted by molar-refractivity contribution is 0.0240. The molecule has 2 fully saturated rings. The number of nitrogens with zero attached hydrogens (tertiary/aromatic N) is 5. The van der Waals surface area contributed by atoms with E-state index in [1.807, 2.05) is 49.8 Å². The summed E-state index contributed by atoms with van der Waals surface area (Å²) in [6.07, 6.45) is -0.299. The van der Waals surface area contributed by atoms with Crippen LogP contribution >= 0.6 is 50.5 Å². The number of anilines is 2. The number of piperazine rings is 1. The SMILES string of the molecule is CC(C)(C)OC(=O)N1CCN(c2nc(N3CCOCC3)nc3cc(Br)c(Cl)c(OI)c23)CC1. The number of aromatic nitrogens is 2. The van der Waals surface area contributed by atoms with Gasteiger partial charge in [-0.2, -0.15) is 4.98 Å². The van der Waals surface area contributed by atoms with Crippen LogP contribution in [0, 0.1) is 0 Å². The average molecular weight is 655 g/mol. The Labute approximate surface area is 220 Å². The molecule has 2 saturated heterocycles. The van der Waals surface area contributed by atoms with E-state index in [4.69, 9.17) is 34.1 Å².